The first-order valence-electron chi connectivity index (χ1n) is 7.96. The zero-order valence-corrected chi connectivity index (χ0v) is 13.3. The third-order valence-corrected chi connectivity index (χ3v) is 4.12. The van der Waals surface area contributed by atoms with Gasteiger partial charge in [-0.05, 0) is 36.6 Å². The van der Waals surface area contributed by atoms with E-state index in [-0.39, 0.29) is 11.9 Å². The van der Waals surface area contributed by atoms with Crippen molar-refractivity contribution in [1.29, 1.82) is 0 Å². The summed E-state index contributed by atoms with van der Waals surface area (Å²) >= 11 is 0. The molecular formula is C17H22N4O2. The topological polar surface area (TPSA) is 69.0 Å². The molecule has 1 saturated heterocycles. The molecule has 2 aromatic heterocycles. The molecule has 3 rings (SSSR count). The third-order valence-electron chi connectivity index (χ3n) is 4.12. The maximum Gasteiger partial charge on any atom is 0.222 e. The number of rotatable bonds is 6. The van der Waals surface area contributed by atoms with Crippen molar-refractivity contribution in [3.63, 3.8) is 0 Å². The van der Waals surface area contributed by atoms with Crippen LogP contribution < -0.4 is 5.32 Å². The molecule has 2 atom stereocenters. The maximum atomic E-state index is 12.2. The number of pyridine rings is 1. The van der Waals surface area contributed by atoms with Gasteiger partial charge in [0.2, 0.25) is 5.91 Å². The van der Waals surface area contributed by atoms with Crippen LogP contribution in [0.3, 0.4) is 0 Å². The van der Waals surface area contributed by atoms with Crippen molar-refractivity contribution in [2.24, 2.45) is 5.92 Å². The van der Waals surface area contributed by atoms with Crippen molar-refractivity contribution in [2.45, 2.75) is 32.4 Å². The Morgan fingerprint density at radius 2 is 2.22 bits per heavy atom. The Balaban J connectivity index is 1.48. The minimum Gasteiger partial charge on any atom is -0.379 e. The molecule has 1 N–H and O–H groups in total. The second-order valence-corrected chi connectivity index (χ2v) is 6.06. The predicted octanol–water partition coefficient (Wildman–Crippen LogP) is 1.35. The van der Waals surface area contributed by atoms with Crippen LogP contribution >= 0.6 is 0 Å². The lowest BCUT2D eigenvalue weighted by atomic mass is 9.95. The minimum absolute atomic E-state index is 0.0494. The first-order chi connectivity index (χ1) is 11.2. The van der Waals surface area contributed by atoms with Crippen molar-refractivity contribution in [1.82, 2.24) is 20.1 Å². The smallest absolute Gasteiger partial charge is 0.222 e. The molecule has 0 aliphatic carbocycles. The Bertz CT molecular complexity index is 641. The molecule has 3 heterocycles. The molecule has 122 valence electrons. The largest absolute Gasteiger partial charge is 0.379 e. The lowest BCUT2D eigenvalue weighted by Crippen LogP contribution is -2.40. The Kier molecular flexibility index (Phi) is 5.02. The van der Waals surface area contributed by atoms with Gasteiger partial charge in [-0.3, -0.25) is 14.5 Å². The molecule has 1 fully saturated rings. The van der Waals surface area contributed by atoms with E-state index in [4.69, 9.17) is 4.74 Å². The molecule has 6 heteroatoms. The van der Waals surface area contributed by atoms with E-state index in [1.54, 1.807) is 23.3 Å². The van der Waals surface area contributed by atoms with Crippen LogP contribution in [0.5, 0.6) is 0 Å². The van der Waals surface area contributed by atoms with Gasteiger partial charge in [0.05, 0.1) is 25.5 Å². The summed E-state index contributed by atoms with van der Waals surface area (Å²) in [4.78, 5) is 16.2. The van der Waals surface area contributed by atoms with Crippen LogP contribution in [0, 0.1) is 12.8 Å². The van der Waals surface area contributed by atoms with E-state index >= 15 is 0 Å². The molecule has 0 unspecified atom stereocenters. The summed E-state index contributed by atoms with van der Waals surface area (Å²) in [6, 6.07) is 4.10. The van der Waals surface area contributed by atoms with Crippen molar-refractivity contribution in [3.05, 3.63) is 48.0 Å². The van der Waals surface area contributed by atoms with Gasteiger partial charge in [0, 0.05) is 37.5 Å². The van der Waals surface area contributed by atoms with Gasteiger partial charge in [0.25, 0.3) is 0 Å². The number of nitrogens with one attached hydrogen (secondary N) is 1. The van der Waals surface area contributed by atoms with Crippen LogP contribution in [0.2, 0.25) is 0 Å². The lowest BCUT2D eigenvalue weighted by molar-refractivity contribution is -0.122. The zero-order valence-electron chi connectivity index (χ0n) is 13.3. The van der Waals surface area contributed by atoms with E-state index in [0.717, 1.165) is 12.0 Å². The summed E-state index contributed by atoms with van der Waals surface area (Å²) in [7, 11) is 0. The summed E-state index contributed by atoms with van der Waals surface area (Å²) in [5, 5.41) is 7.30. The number of hydrogen-bond acceptors (Lipinski definition) is 4. The molecule has 0 radical (unpaired) electrons. The number of aryl methyl sites for hydroxylation is 2. The number of hydrogen-bond donors (Lipinski definition) is 1. The Morgan fingerprint density at radius 1 is 1.39 bits per heavy atom. The summed E-state index contributed by atoms with van der Waals surface area (Å²) in [6.45, 7) is 3.86. The fourth-order valence-corrected chi connectivity index (χ4v) is 2.87. The fraction of sp³-hybridized carbons (Fsp3) is 0.471. The van der Waals surface area contributed by atoms with Gasteiger partial charge in [-0.2, -0.15) is 5.10 Å². The molecule has 1 aliphatic heterocycles. The average Bonchev–Trinajstić information content (AvgIpc) is 3.16. The van der Waals surface area contributed by atoms with E-state index in [0.29, 0.717) is 32.1 Å². The highest BCUT2D eigenvalue weighted by Crippen LogP contribution is 2.19. The number of amides is 1. The van der Waals surface area contributed by atoms with Crippen molar-refractivity contribution in [3.8, 4) is 0 Å². The van der Waals surface area contributed by atoms with E-state index in [1.807, 2.05) is 25.3 Å². The first-order valence-corrected chi connectivity index (χ1v) is 7.96. The van der Waals surface area contributed by atoms with Gasteiger partial charge in [0.15, 0.2) is 0 Å². The van der Waals surface area contributed by atoms with Crippen molar-refractivity contribution in [2.75, 3.05) is 13.2 Å². The van der Waals surface area contributed by atoms with Crippen LogP contribution in [0.15, 0.2) is 36.9 Å². The third kappa shape index (κ3) is 4.39. The second-order valence-electron chi connectivity index (χ2n) is 6.06. The van der Waals surface area contributed by atoms with Gasteiger partial charge in [-0.1, -0.05) is 0 Å². The quantitative estimate of drug-likeness (QED) is 0.874. The number of ether oxygens (including phenoxy) is 1. The number of nitrogens with zero attached hydrogens (tertiary/aromatic N) is 3. The highest BCUT2D eigenvalue weighted by Gasteiger charge is 2.29. The van der Waals surface area contributed by atoms with Gasteiger partial charge in [-0.25, -0.2) is 0 Å². The van der Waals surface area contributed by atoms with E-state index in [9.17, 15) is 4.79 Å². The molecule has 0 saturated carbocycles. The average molecular weight is 314 g/mol. The van der Waals surface area contributed by atoms with Crippen molar-refractivity contribution < 1.29 is 9.53 Å². The highest BCUT2D eigenvalue weighted by atomic mass is 16.5. The van der Waals surface area contributed by atoms with Crippen molar-refractivity contribution >= 4 is 5.91 Å². The molecule has 6 nitrogen and oxygen atoms in total. The van der Waals surface area contributed by atoms with E-state index in [1.165, 1.54) is 5.56 Å². The molecule has 23 heavy (non-hydrogen) atoms. The van der Waals surface area contributed by atoms with Gasteiger partial charge in [0.1, 0.15) is 0 Å². The molecule has 2 aromatic rings. The summed E-state index contributed by atoms with van der Waals surface area (Å²) in [5.74, 6) is 0.363. The van der Waals surface area contributed by atoms with E-state index in [2.05, 4.69) is 15.4 Å². The Hall–Kier alpha value is -2.21. The molecule has 0 bridgehead atoms. The molecule has 0 spiro atoms. The van der Waals surface area contributed by atoms with Crippen LogP contribution in [0.4, 0.5) is 0 Å². The zero-order chi connectivity index (χ0) is 16.1. The SMILES string of the molecule is Cc1cnn(CCC(=O)N[C@H]2COC[C@H]2Cc2ccncc2)c1. The van der Waals surface area contributed by atoms with Crippen LogP contribution in [-0.2, 0) is 22.5 Å². The fourth-order valence-electron chi connectivity index (χ4n) is 2.87. The number of aromatic nitrogens is 3. The van der Waals surface area contributed by atoms with Gasteiger partial charge < -0.3 is 10.1 Å². The molecule has 1 aliphatic rings. The second kappa shape index (κ2) is 7.37. The monoisotopic (exact) mass is 314 g/mol. The molecular weight excluding hydrogens is 292 g/mol. The standard InChI is InChI=1S/C17H22N4O2/c1-13-9-19-21(10-13)7-4-17(22)20-16-12-23-11-15(16)8-14-2-5-18-6-3-14/h2-3,5-6,9-10,15-16H,4,7-8,11-12H2,1H3,(H,20,22)/t15-,16+/m1/s1. The first kappa shape index (κ1) is 15.7. The summed E-state index contributed by atoms with van der Waals surface area (Å²) in [6.07, 6.45) is 8.66. The van der Waals surface area contributed by atoms with Gasteiger partial charge in [-0.15, -0.1) is 0 Å². The lowest BCUT2D eigenvalue weighted by Gasteiger charge is -2.19. The van der Waals surface area contributed by atoms with Crippen LogP contribution in [0.25, 0.3) is 0 Å². The molecule has 1 amide bonds. The van der Waals surface area contributed by atoms with E-state index < -0.39 is 0 Å². The van der Waals surface area contributed by atoms with Crippen LogP contribution in [-0.4, -0.2) is 39.9 Å². The van der Waals surface area contributed by atoms with Gasteiger partial charge >= 0.3 is 0 Å². The number of carbonyl (C=O) groups is 1. The normalized spacial score (nSPS) is 20.6. The Labute approximate surface area is 135 Å². The summed E-state index contributed by atoms with van der Waals surface area (Å²) in [5.41, 5.74) is 2.33. The highest BCUT2D eigenvalue weighted by molar-refractivity contribution is 5.76. The maximum absolute atomic E-state index is 12.2. The predicted molar refractivity (Wildman–Crippen MR) is 85.8 cm³/mol. The minimum atomic E-state index is 0.0494. The Morgan fingerprint density at radius 3 is 2.96 bits per heavy atom. The number of carbonyl (C=O) groups excluding carboxylic acids is 1. The molecule has 0 aromatic carbocycles. The summed E-state index contributed by atoms with van der Waals surface area (Å²) < 4.78 is 7.36. The van der Waals surface area contributed by atoms with Crippen LogP contribution in [0.1, 0.15) is 17.5 Å².